The van der Waals surface area contributed by atoms with Crippen molar-refractivity contribution in [1.82, 2.24) is 0 Å². The van der Waals surface area contributed by atoms with E-state index in [-0.39, 0.29) is 25.4 Å². The van der Waals surface area contributed by atoms with Crippen molar-refractivity contribution < 1.29 is 29.3 Å². The molecule has 0 amide bonds. The van der Waals surface area contributed by atoms with E-state index >= 15 is 0 Å². The van der Waals surface area contributed by atoms with Gasteiger partial charge in [-0.2, -0.15) is 0 Å². The Balaban J connectivity index is 4.22. The van der Waals surface area contributed by atoms with Gasteiger partial charge in [0.1, 0.15) is 0 Å². The van der Waals surface area contributed by atoms with E-state index in [4.69, 9.17) is 14.9 Å². The summed E-state index contributed by atoms with van der Waals surface area (Å²) in [7, 11) is 0. The standard InChI is InChI=1S/C10H16O6/c1-6(2)16-10(15)7(9(13)14)4-3-5-8(11)12/h6-7H,3-5H2,1-2H3,(H,11,12)(H,13,14). The first-order valence-corrected chi connectivity index (χ1v) is 4.99. The minimum absolute atomic E-state index is 0.0206. The second-order valence-corrected chi connectivity index (χ2v) is 3.66. The first-order chi connectivity index (χ1) is 7.34. The van der Waals surface area contributed by atoms with Gasteiger partial charge in [-0.3, -0.25) is 14.4 Å². The molecule has 0 fully saturated rings. The maximum absolute atomic E-state index is 11.3. The third-order valence-corrected chi connectivity index (χ3v) is 1.82. The zero-order chi connectivity index (χ0) is 12.7. The summed E-state index contributed by atoms with van der Waals surface area (Å²) in [5.41, 5.74) is 0. The fourth-order valence-electron chi connectivity index (χ4n) is 1.11. The highest BCUT2D eigenvalue weighted by Crippen LogP contribution is 2.12. The van der Waals surface area contributed by atoms with E-state index in [1.54, 1.807) is 13.8 Å². The van der Waals surface area contributed by atoms with Crippen molar-refractivity contribution in [2.24, 2.45) is 5.92 Å². The molecule has 0 aromatic carbocycles. The zero-order valence-electron chi connectivity index (χ0n) is 9.30. The molecule has 16 heavy (non-hydrogen) atoms. The summed E-state index contributed by atoms with van der Waals surface area (Å²) in [6, 6.07) is 0. The van der Waals surface area contributed by atoms with Crippen LogP contribution in [0.1, 0.15) is 33.1 Å². The summed E-state index contributed by atoms with van der Waals surface area (Å²) in [4.78, 5) is 32.3. The van der Waals surface area contributed by atoms with Gasteiger partial charge in [0, 0.05) is 6.42 Å². The number of ether oxygens (including phenoxy) is 1. The smallest absolute Gasteiger partial charge is 0.320 e. The Morgan fingerprint density at radius 3 is 2.12 bits per heavy atom. The first-order valence-electron chi connectivity index (χ1n) is 4.99. The van der Waals surface area contributed by atoms with Crippen LogP contribution >= 0.6 is 0 Å². The Morgan fingerprint density at radius 1 is 1.19 bits per heavy atom. The van der Waals surface area contributed by atoms with Gasteiger partial charge in [0.15, 0.2) is 5.92 Å². The lowest BCUT2D eigenvalue weighted by Crippen LogP contribution is -2.28. The highest BCUT2D eigenvalue weighted by atomic mass is 16.5. The molecule has 6 heteroatoms. The molecule has 0 radical (unpaired) electrons. The Morgan fingerprint density at radius 2 is 1.75 bits per heavy atom. The van der Waals surface area contributed by atoms with Crippen molar-refractivity contribution in [3.8, 4) is 0 Å². The van der Waals surface area contributed by atoms with Crippen LogP contribution < -0.4 is 0 Å². The predicted octanol–water partition coefficient (Wildman–Crippen LogP) is 0.894. The summed E-state index contributed by atoms with van der Waals surface area (Å²) >= 11 is 0. The Kier molecular flexibility index (Phi) is 6.14. The molecular formula is C10H16O6. The van der Waals surface area contributed by atoms with Crippen molar-refractivity contribution in [3.05, 3.63) is 0 Å². The minimum Gasteiger partial charge on any atom is -0.481 e. The molecule has 1 atom stereocenters. The molecule has 2 N–H and O–H groups in total. The van der Waals surface area contributed by atoms with Crippen LogP contribution in [0.4, 0.5) is 0 Å². The second kappa shape index (κ2) is 6.81. The number of rotatable bonds is 7. The van der Waals surface area contributed by atoms with E-state index in [2.05, 4.69) is 0 Å². The number of carboxylic acid groups (broad SMARTS) is 2. The van der Waals surface area contributed by atoms with Gasteiger partial charge in [0.25, 0.3) is 0 Å². The van der Waals surface area contributed by atoms with Crippen LogP contribution in [-0.4, -0.2) is 34.2 Å². The van der Waals surface area contributed by atoms with Crippen LogP contribution in [0.2, 0.25) is 0 Å². The van der Waals surface area contributed by atoms with Gasteiger partial charge in [-0.15, -0.1) is 0 Å². The van der Waals surface area contributed by atoms with Crippen LogP contribution in [0.25, 0.3) is 0 Å². The quantitative estimate of drug-likeness (QED) is 0.499. The maximum Gasteiger partial charge on any atom is 0.320 e. The molecule has 0 aromatic heterocycles. The Bertz CT molecular complexity index is 270. The molecule has 0 aliphatic rings. The fraction of sp³-hybridized carbons (Fsp3) is 0.700. The van der Waals surface area contributed by atoms with Gasteiger partial charge in [-0.05, 0) is 26.7 Å². The van der Waals surface area contributed by atoms with E-state index in [1.165, 1.54) is 0 Å². The van der Waals surface area contributed by atoms with Gasteiger partial charge in [-0.1, -0.05) is 0 Å². The Hall–Kier alpha value is -1.59. The number of carboxylic acids is 2. The highest BCUT2D eigenvalue weighted by Gasteiger charge is 2.28. The SMILES string of the molecule is CC(C)OC(=O)C(CCCC(=O)O)C(=O)O. The largest absolute Gasteiger partial charge is 0.481 e. The molecule has 0 aliphatic carbocycles. The van der Waals surface area contributed by atoms with Gasteiger partial charge in [0.2, 0.25) is 0 Å². The first kappa shape index (κ1) is 14.4. The molecule has 6 nitrogen and oxygen atoms in total. The molecule has 0 aliphatic heterocycles. The van der Waals surface area contributed by atoms with Crippen molar-refractivity contribution in [1.29, 1.82) is 0 Å². The molecule has 0 rings (SSSR count). The molecule has 92 valence electrons. The van der Waals surface area contributed by atoms with Crippen molar-refractivity contribution >= 4 is 17.9 Å². The van der Waals surface area contributed by atoms with Crippen molar-refractivity contribution in [2.75, 3.05) is 0 Å². The molecule has 1 unspecified atom stereocenters. The van der Waals surface area contributed by atoms with E-state index in [1.807, 2.05) is 0 Å². The summed E-state index contributed by atoms with van der Waals surface area (Å²) < 4.78 is 4.76. The summed E-state index contributed by atoms with van der Waals surface area (Å²) in [5, 5.41) is 17.2. The number of esters is 1. The average molecular weight is 232 g/mol. The van der Waals surface area contributed by atoms with Crippen LogP contribution in [0.15, 0.2) is 0 Å². The van der Waals surface area contributed by atoms with E-state index < -0.39 is 23.8 Å². The molecule has 0 aromatic rings. The summed E-state index contributed by atoms with van der Waals surface area (Å²) in [5.74, 6) is -4.38. The van der Waals surface area contributed by atoms with Crippen molar-refractivity contribution in [3.63, 3.8) is 0 Å². The summed E-state index contributed by atoms with van der Waals surface area (Å²) in [6.07, 6.45) is -0.417. The second-order valence-electron chi connectivity index (χ2n) is 3.66. The average Bonchev–Trinajstić information content (AvgIpc) is 2.09. The summed E-state index contributed by atoms with van der Waals surface area (Å²) in [6.45, 7) is 3.24. The van der Waals surface area contributed by atoms with E-state index in [0.29, 0.717) is 0 Å². The maximum atomic E-state index is 11.3. The van der Waals surface area contributed by atoms with Crippen LogP contribution in [0.3, 0.4) is 0 Å². The van der Waals surface area contributed by atoms with Crippen LogP contribution in [-0.2, 0) is 19.1 Å². The number of hydrogen-bond acceptors (Lipinski definition) is 4. The number of hydrogen-bond donors (Lipinski definition) is 2. The zero-order valence-corrected chi connectivity index (χ0v) is 9.30. The fourth-order valence-corrected chi connectivity index (χ4v) is 1.11. The molecule has 0 saturated heterocycles. The number of aliphatic carboxylic acids is 2. The monoisotopic (exact) mass is 232 g/mol. The third-order valence-electron chi connectivity index (χ3n) is 1.82. The molecular weight excluding hydrogens is 216 g/mol. The van der Waals surface area contributed by atoms with Gasteiger partial charge in [-0.25, -0.2) is 0 Å². The van der Waals surface area contributed by atoms with Crippen LogP contribution in [0.5, 0.6) is 0 Å². The van der Waals surface area contributed by atoms with Gasteiger partial charge < -0.3 is 14.9 Å². The lowest BCUT2D eigenvalue weighted by molar-refractivity contribution is -0.162. The van der Waals surface area contributed by atoms with E-state index in [9.17, 15) is 14.4 Å². The number of carbonyl (C=O) groups is 3. The molecule has 0 bridgehead atoms. The lowest BCUT2D eigenvalue weighted by Gasteiger charge is -2.13. The van der Waals surface area contributed by atoms with Gasteiger partial charge in [0.05, 0.1) is 6.10 Å². The van der Waals surface area contributed by atoms with Gasteiger partial charge >= 0.3 is 17.9 Å². The predicted molar refractivity (Wildman–Crippen MR) is 53.8 cm³/mol. The van der Waals surface area contributed by atoms with Crippen molar-refractivity contribution in [2.45, 2.75) is 39.2 Å². The molecule has 0 saturated carbocycles. The Labute approximate surface area is 93.2 Å². The normalized spacial score (nSPS) is 12.2. The molecule has 0 heterocycles. The minimum atomic E-state index is -1.28. The molecule has 0 spiro atoms. The third kappa shape index (κ3) is 6.00. The lowest BCUT2D eigenvalue weighted by atomic mass is 10.0. The highest BCUT2D eigenvalue weighted by molar-refractivity contribution is 5.93. The topological polar surface area (TPSA) is 101 Å². The number of carbonyl (C=O) groups excluding carboxylic acids is 1. The van der Waals surface area contributed by atoms with E-state index in [0.717, 1.165) is 0 Å². The van der Waals surface area contributed by atoms with Crippen LogP contribution in [0, 0.1) is 5.92 Å².